The maximum atomic E-state index is 11.9. The Morgan fingerprint density at radius 1 is 1.45 bits per heavy atom. The first-order valence-electron chi connectivity index (χ1n) is 6.88. The third-order valence-corrected chi connectivity index (χ3v) is 2.99. The van der Waals surface area contributed by atoms with Gasteiger partial charge in [0.2, 0.25) is 5.91 Å². The molecular formula is C13H23N5O2. The van der Waals surface area contributed by atoms with E-state index in [2.05, 4.69) is 15.7 Å². The molecule has 7 nitrogen and oxygen atoms in total. The molecule has 1 rings (SSSR count). The predicted octanol–water partition coefficient (Wildman–Crippen LogP) is 0.520. The average molecular weight is 281 g/mol. The summed E-state index contributed by atoms with van der Waals surface area (Å²) in [4.78, 5) is 23.4. The smallest absolute Gasteiger partial charge is 0.273 e. The first kappa shape index (κ1) is 16.0. The molecule has 2 amide bonds. The number of aryl methyl sites for hydroxylation is 1. The molecule has 0 aromatic carbocycles. The number of carbonyl (C=O) groups is 2. The highest BCUT2D eigenvalue weighted by atomic mass is 16.2. The van der Waals surface area contributed by atoms with E-state index in [0.29, 0.717) is 12.2 Å². The lowest BCUT2D eigenvalue weighted by Gasteiger charge is -2.11. The molecule has 0 radical (unpaired) electrons. The second kappa shape index (κ2) is 7.52. The van der Waals surface area contributed by atoms with Crippen molar-refractivity contribution in [2.75, 3.05) is 12.3 Å². The van der Waals surface area contributed by atoms with Gasteiger partial charge in [0.1, 0.15) is 0 Å². The lowest BCUT2D eigenvalue weighted by atomic mass is 10.2. The minimum atomic E-state index is -0.356. The fraction of sp³-hybridized carbons (Fsp3) is 0.615. The molecule has 4 N–H and O–H groups in total. The number of rotatable bonds is 7. The van der Waals surface area contributed by atoms with Gasteiger partial charge in [0.05, 0.1) is 5.69 Å². The number of hydrogen-bond acceptors (Lipinski definition) is 4. The van der Waals surface area contributed by atoms with Crippen LogP contribution in [-0.4, -0.2) is 34.2 Å². The number of anilines is 1. The topological polar surface area (TPSA) is 102 Å². The van der Waals surface area contributed by atoms with Gasteiger partial charge >= 0.3 is 0 Å². The van der Waals surface area contributed by atoms with E-state index in [4.69, 9.17) is 5.73 Å². The number of hydrogen-bond donors (Lipinski definition) is 3. The van der Waals surface area contributed by atoms with Gasteiger partial charge in [-0.3, -0.25) is 14.3 Å². The molecule has 0 aliphatic rings. The van der Waals surface area contributed by atoms with Gasteiger partial charge in [-0.15, -0.1) is 0 Å². The number of nitrogens with two attached hydrogens (primary N) is 1. The van der Waals surface area contributed by atoms with Gasteiger partial charge < -0.3 is 16.4 Å². The van der Waals surface area contributed by atoms with E-state index in [9.17, 15) is 9.59 Å². The van der Waals surface area contributed by atoms with Gasteiger partial charge in [-0.1, -0.05) is 6.92 Å². The molecule has 1 heterocycles. The Morgan fingerprint density at radius 3 is 2.70 bits per heavy atom. The zero-order valence-electron chi connectivity index (χ0n) is 12.3. The summed E-state index contributed by atoms with van der Waals surface area (Å²) >= 11 is 0. The van der Waals surface area contributed by atoms with E-state index in [0.717, 1.165) is 6.42 Å². The minimum Gasteiger partial charge on any atom is -0.396 e. The van der Waals surface area contributed by atoms with E-state index < -0.39 is 0 Å². The highest BCUT2D eigenvalue weighted by Gasteiger charge is 2.14. The van der Waals surface area contributed by atoms with Crippen LogP contribution >= 0.6 is 0 Å². The second-order valence-corrected chi connectivity index (χ2v) is 4.67. The Bertz CT molecular complexity index is 469. The zero-order valence-corrected chi connectivity index (χ0v) is 12.3. The Kier molecular flexibility index (Phi) is 6.02. The summed E-state index contributed by atoms with van der Waals surface area (Å²) in [7, 11) is 0. The Balaban J connectivity index is 2.40. The van der Waals surface area contributed by atoms with Crippen LogP contribution in [0, 0.1) is 0 Å². The molecular weight excluding hydrogens is 258 g/mol. The van der Waals surface area contributed by atoms with Crippen LogP contribution in [0.25, 0.3) is 0 Å². The van der Waals surface area contributed by atoms with E-state index >= 15 is 0 Å². The highest BCUT2D eigenvalue weighted by molar-refractivity contribution is 5.97. The van der Waals surface area contributed by atoms with Gasteiger partial charge in [-0.25, -0.2) is 0 Å². The summed E-state index contributed by atoms with van der Waals surface area (Å²) < 4.78 is 1.60. The summed E-state index contributed by atoms with van der Waals surface area (Å²) in [5.74, 6) is -0.433. The maximum Gasteiger partial charge on any atom is 0.273 e. The first-order valence-corrected chi connectivity index (χ1v) is 6.88. The van der Waals surface area contributed by atoms with Gasteiger partial charge in [-0.2, -0.15) is 5.10 Å². The summed E-state index contributed by atoms with van der Waals surface area (Å²) in [6.45, 7) is 6.76. The van der Waals surface area contributed by atoms with E-state index in [1.165, 1.54) is 0 Å². The van der Waals surface area contributed by atoms with Crippen molar-refractivity contribution in [3.63, 3.8) is 0 Å². The average Bonchev–Trinajstić information content (AvgIpc) is 2.79. The molecule has 0 fully saturated rings. The number of nitrogens with zero attached hydrogens (tertiary/aromatic N) is 2. The van der Waals surface area contributed by atoms with Crippen LogP contribution in [-0.2, 0) is 11.3 Å². The lowest BCUT2D eigenvalue weighted by Crippen LogP contribution is -2.35. The third kappa shape index (κ3) is 4.56. The Hall–Kier alpha value is -2.05. The van der Waals surface area contributed by atoms with Crippen LogP contribution in [0.5, 0.6) is 0 Å². The number of carbonyl (C=O) groups excluding carboxylic acids is 2. The minimum absolute atomic E-state index is 0.0771. The summed E-state index contributed by atoms with van der Waals surface area (Å²) in [5.41, 5.74) is 6.25. The SMILES string of the molecule is CCC(C)NC(=O)CCNC(=O)c1nn(CC)cc1N. The van der Waals surface area contributed by atoms with Crippen LogP contribution in [0.15, 0.2) is 6.20 Å². The quantitative estimate of drug-likeness (QED) is 0.678. The first-order chi connectivity index (χ1) is 9.47. The molecule has 112 valence electrons. The lowest BCUT2D eigenvalue weighted by molar-refractivity contribution is -0.121. The Labute approximate surface area is 118 Å². The number of nitrogen functional groups attached to an aromatic ring is 1. The molecule has 1 aromatic rings. The fourth-order valence-corrected chi connectivity index (χ4v) is 1.60. The number of aromatic nitrogens is 2. The summed E-state index contributed by atoms with van der Waals surface area (Å²) in [5, 5.41) is 9.54. The molecule has 1 atom stereocenters. The van der Waals surface area contributed by atoms with Gasteiger partial charge in [0.15, 0.2) is 5.69 Å². The molecule has 0 bridgehead atoms. The van der Waals surface area contributed by atoms with Crippen LogP contribution in [0.3, 0.4) is 0 Å². The van der Waals surface area contributed by atoms with E-state index in [1.807, 2.05) is 20.8 Å². The van der Waals surface area contributed by atoms with Crippen molar-refractivity contribution in [3.8, 4) is 0 Å². The molecule has 0 aliphatic carbocycles. The van der Waals surface area contributed by atoms with Crippen molar-refractivity contribution in [3.05, 3.63) is 11.9 Å². The van der Waals surface area contributed by atoms with Crippen molar-refractivity contribution < 1.29 is 9.59 Å². The Morgan fingerprint density at radius 2 is 2.15 bits per heavy atom. The normalized spacial score (nSPS) is 11.9. The zero-order chi connectivity index (χ0) is 15.1. The van der Waals surface area contributed by atoms with Gasteiger partial charge in [0.25, 0.3) is 5.91 Å². The fourth-order valence-electron chi connectivity index (χ4n) is 1.60. The van der Waals surface area contributed by atoms with Gasteiger partial charge in [-0.05, 0) is 20.3 Å². The monoisotopic (exact) mass is 281 g/mol. The second-order valence-electron chi connectivity index (χ2n) is 4.67. The summed E-state index contributed by atoms with van der Waals surface area (Å²) in [6.07, 6.45) is 2.73. The molecule has 0 saturated heterocycles. The van der Waals surface area contributed by atoms with Crippen molar-refractivity contribution in [1.29, 1.82) is 0 Å². The van der Waals surface area contributed by atoms with E-state index in [-0.39, 0.29) is 36.5 Å². The predicted molar refractivity (Wildman–Crippen MR) is 77.2 cm³/mol. The van der Waals surface area contributed by atoms with Crippen molar-refractivity contribution >= 4 is 17.5 Å². The van der Waals surface area contributed by atoms with Crippen LogP contribution in [0.4, 0.5) is 5.69 Å². The van der Waals surface area contributed by atoms with Crippen molar-refractivity contribution in [2.24, 2.45) is 0 Å². The molecule has 1 aromatic heterocycles. The van der Waals surface area contributed by atoms with E-state index in [1.54, 1.807) is 10.9 Å². The molecule has 1 unspecified atom stereocenters. The maximum absolute atomic E-state index is 11.9. The number of nitrogens with one attached hydrogen (secondary N) is 2. The van der Waals surface area contributed by atoms with Crippen molar-refractivity contribution in [1.82, 2.24) is 20.4 Å². The molecule has 0 saturated carbocycles. The highest BCUT2D eigenvalue weighted by Crippen LogP contribution is 2.08. The molecule has 7 heteroatoms. The van der Waals surface area contributed by atoms with Crippen molar-refractivity contribution in [2.45, 2.75) is 46.2 Å². The van der Waals surface area contributed by atoms with Crippen LogP contribution in [0.1, 0.15) is 44.1 Å². The standard InChI is InChI=1S/C13H23N5O2/c1-4-9(3)16-11(19)6-7-15-13(20)12-10(14)8-18(5-2)17-12/h8-9H,4-7,14H2,1-3H3,(H,15,20)(H,16,19). The van der Waals surface area contributed by atoms with Gasteiger partial charge in [0, 0.05) is 31.7 Å². The molecule has 20 heavy (non-hydrogen) atoms. The molecule has 0 aliphatic heterocycles. The third-order valence-electron chi connectivity index (χ3n) is 2.99. The van der Waals surface area contributed by atoms with Crippen LogP contribution in [0.2, 0.25) is 0 Å². The molecule has 0 spiro atoms. The van der Waals surface area contributed by atoms with Crippen LogP contribution < -0.4 is 16.4 Å². The largest absolute Gasteiger partial charge is 0.396 e. The summed E-state index contributed by atoms with van der Waals surface area (Å²) in [6, 6.07) is 0.147. The number of amides is 2.